The molecule has 0 saturated heterocycles. The van der Waals surface area contributed by atoms with Crippen LogP contribution in [0.15, 0.2) is 51.5 Å². The molecule has 0 fully saturated rings. The van der Waals surface area contributed by atoms with Crippen molar-refractivity contribution in [1.82, 2.24) is 15.2 Å². The van der Waals surface area contributed by atoms with Crippen LogP contribution in [0.5, 0.6) is 0 Å². The zero-order chi connectivity index (χ0) is 13.8. The summed E-state index contributed by atoms with van der Waals surface area (Å²) in [7, 11) is 0. The molecule has 0 amide bonds. The molecule has 3 aromatic rings. The fraction of sp³-hybridized carbons (Fsp3) is 0. The fourth-order valence-electron chi connectivity index (χ4n) is 1.59. The fourth-order valence-corrected chi connectivity index (χ4v) is 2.55. The third kappa shape index (κ3) is 2.94. The Morgan fingerprint density at radius 2 is 2.15 bits per heavy atom. The van der Waals surface area contributed by atoms with Gasteiger partial charge in [0.2, 0.25) is 5.13 Å². The molecule has 20 heavy (non-hydrogen) atoms. The quantitative estimate of drug-likeness (QED) is 0.558. The highest BCUT2D eigenvalue weighted by Crippen LogP contribution is 2.24. The van der Waals surface area contributed by atoms with Crippen molar-refractivity contribution in [2.75, 3.05) is 5.43 Å². The standard InChI is InChI=1S/C13H10BrN5S/c14-10-6-15-18-11(10)7-16-19-13-17-12(8-20-13)9-4-2-1-3-5-9/h1-8H,(H,15,18)(H,17,19). The zero-order valence-electron chi connectivity index (χ0n) is 10.2. The molecule has 7 heteroatoms. The van der Waals surface area contributed by atoms with Crippen LogP contribution in [-0.2, 0) is 0 Å². The van der Waals surface area contributed by atoms with Crippen molar-refractivity contribution < 1.29 is 0 Å². The maximum Gasteiger partial charge on any atom is 0.203 e. The molecule has 0 aliphatic rings. The van der Waals surface area contributed by atoms with Crippen molar-refractivity contribution in [1.29, 1.82) is 0 Å². The smallest absolute Gasteiger partial charge is 0.203 e. The first kappa shape index (κ1) is 13.0. The predicted octanol–water partition coefficient (Wildman–Crippen LogP) is 3.74. The minimum absolute atomic E-state index is 0.746. The lowest BCUT2D eigenvalue weighted by molar-refractivity contribution is 1.08. The van der Waals surface area contributed by atoms with E-state index in [0.717, 1.165) is 26.6 Å². The van der Waals surface area contributed by atoms with Gasteiger partial charge in [0.05, 0.1) is 28.3 Å². The number of aromatic nitrogens is 3. The number of hydrogen-bond acceptors (Lipinski definition) is 5. The van der Waals surface area contributed by atoms with Crippen LogP contribution in [0.4, 0.5) is 5.13 Å². The first-order chi connectivity index (χ1) is 9.83. The van der Waals surface area contributed by atoms with Crippen molar-refractivity contribution in [3.05, 3.63) is 52.1 Å². The largest absolute Gasteiger partial charge is 0.276 e. The van der Waals surface area contributed by atoms with E-state index >= 15 is 0 Å². The summed E-state index contributed by atoms with van der Waals surface area (Å²) in [6.45, 7) is 0. The van der Waals surface area contributed by atoms with E-state index in [2.05, 4.69) is 41.6 Å². The number of benzene rings is 1. The highest BCUT2D eigenvalue weighted by atomic mass is 79.9. The van der Waals surface area contributed by atoms with Crippen molar-refractivity contribution >= 4 is 38.6 Å². The summed E-state index contributed by atoms with van der Waals surface area (Å²) < 4.78 is 0.868. The molecule has 0 bridgehead atoms. The van der Waals surface area contributed by atoms with Crippen LogP contribution in [0.25, 0.3) is 11.3 Å². The number of nitrogens with one attached hydrogen (secondary N) is 2. The Hall–Kier alpha value is -1.99. The molecule has 0 spiro atoms. The Kier molecular flexibility index (Phi) is 3.89. The molecule has 0 saturated carbocycles. The van der Waals surface area contributed by atoms with Gasteiger partial charge >= 0.3 is 0 Å². The average Bonchev–Trinajstić information content (AvgIpc) is 3.10. The van der Waals surface area contributed by atoms with Crippen molar-refractivity contribution in [3.63, 3.8) is 0 Å². The van der Waals surface area contributed by atoms with E-state index in [9.17, 15) is 0 Å². The molecule has 100 valence electrons. The highest BCUT2D eigenvalue weighted by Gasteiger charge is 2.03. The van der Waals surface area contributed by atoms with E-state index in [4.69, 9.17) is 0 Å². The SMILES string of the molecule is Brc1cn[nH]c1C=NNc1nc(-c2ccccc2)cs1. The Bertz CT molecular complexity index is 719. The third-order valence-electron chi connectivity index (χ3n) is 2.55. The molecule has 0 radical (unpaired) electrons. The number of rotatable bonds is 4. The molecule has 0 aliphatic carbocycles. The molecule has 0 atom stereocenters. The molecular formula is C13H10BrN5S. The molecule has 5 nitrogen and oxygen atoms in total. The van der Waals surface area contributed by atoms with Crippen LogP contribution in [0, 0.1) is 0 Å². The topological polar surface area (TPSA) is 66.0 Å². The van der Waals surface area contributed by atoms with Gasteiger partial charge in [-0.1, -0.05) is 30.3 Å². The Labute approximate surface area is 127 Å². The second-order valence-corrected chi connectivity index (χ2v) is 5.62. The van der Waals surface area contributed by atoms with Gasteiger partial charge in [-0.25, -0.2) is 4.98 Å². The summed E-state index contributed by atoms with van der Waals surface area (Å²) in [5.74, 6) is 0. The van der Waals surface area contributed by atoms with Crippen LogP contribution in [0.2, 0.25) is 0 Å². The summed E-state index contributed by atoms with van der Waals surface area (Å²) >= 11 is 4.87. The molecule has 0 unspecified atom stereocenters. The van der Waals surface area contributed by atoms with Gasteiger partial charge in [0.1, 0.15) is 0 Å². The van der Waals surface area contributed by atoms with Crippen LogP contribution < -0.4 is 5.43 Å². The lowest BCUT2D eigenvalue weighted by Crippen LogP contribution is -1.91. The molecular weight excluding hydrogens is 338 g/mol. The van der Waals surface area contributed by atoms with Crippen LogP contribution >= 0.6 is 27.3 Å². The van der Waals surface area contributed by atoms with Crippen LogP contribution in [-0.4, -0.2) is 21.4 Å². The van der Waals surface area contributed by atoms with Gasteiger partial charge in [0.15, 0.2) is 0 Å². The van der Waals surface area contributed by atoms with Crippen molar-refractivity contribution in [2.24, 2.45) is 5.10 Å². The van der Waals surface area contributed by atoms with E-state index < -0.39 is 0 Å². The summed E-state index contributed by atoms with van der Waals surface area (Å²) in [6.07, 6.45) is 3.33. The van der Waals surface area contributed by atoms with Gasteiger partial charge in [0, 0.05) is 10.9 Å². The summed E-state index contributed by atoms with van der Waals surface area (Å²) in [5, 5.41) is 13.6. The maximum atomic E-state index is 4.48. The van der Waals surface area contributed by atoms with Gasteiger partial charge in [-0.15, -0.1) is 11.3 Å². The van der Waals surface area contributed by atoms with Gasteiger partial charge in [-0.3, -0.25) is 10.5 Å². The van der Waals surface area contributed by atoms with Crippen molar-refractivity contribution in [2.45, 2.75) is 0 Å². The first-order valence-electron chi connectivity index (χ1n) is 5.82. The van der Waals surface area contributed by atoms with Gasteiger partial charge in [0.25, 0.3) is 0 Å². The number of thiazole rings is 1. The molecule has 2 N–H and O–H groups in total. The third-order valence-corrected chi connectivity index (χ3v) is 3.93. The normalized spacial score (nSPS) is 11.1. The Morgan fingerprint density at radius 1 is 1.30 bits per heavy atom. The molecule has 3 rings (SSSR count). The lowest BCUT2D eigenvalue weighted by Gasteiger charge is -1.95. The lowest BCUT2D eigenvalue weighted by atomic mass is 10.2. The van der Waals surface area contributed by atoms with E-state index in [1.54, 1.807) is 12.4 Å². The monoisotopic (exact) mass is 347 g/mol. The average molecular weight is 348 g/mol. The van der Waals surface area contributed by atoms with Crippen molar-refractivity contribution in [3.8, 4) is 11.3 Å². The second-order valence-electron chi connectivity index (χ2n) is 3.91. The molecule has 2 heterocycles. The molecule has 1 aromatic carbocycles. The summed E-state index contributed by atoms with van der Waals surface area (Å²) in [4.78, 5) is 4.48. The number of halogens is 1. The summed E-state index contributed by atoms with van der Waals surface area (Å²) in [6, 6.07) is 10.0. The van der Waals surface area contributed by atoms with E-state index in [1.807, 2.05) is 35.7 Å². The highest BCUT2D eigenvalue weighted by molar-refractivity contribution is 9.10. The number of hydrazone groups is 1. The Morgan fingerprint density at radius 3 is 2.90 bits per heavy atom. The molecule has 2 aromatic heterocycles. The zero-order valence-corrected chi connectivity index (χ0v) is 12.6. The predicted molar refractivity (Wildman–Crippen MR) is 85.1 cm³/mol. The van der Waals surface area contributed by atoms with E-state index in [1.165, 1.54) is 11.3 Å². The van der Waals surface area contributed by atoms with Gasteiger partial charge in [-0.05, 0) is 15.9 Å². The first-order valence-corrected chi connectivity index (χ1v) is 7.49. The van der Waals surface area contributed by atoms with Gasteiger partial charge < -0.3 is 0 Å². The minimum atomic E-state index is 0.746. The number of hydrogen-bond donors (Lipinski definition) is 2. The number of nitrogens with zero attached hydrogens (tertiary/aromatic N) is 3. The van der Waals surface area contributed by atoms with E-state index in [0.29, 0.717) is 0 Å². The van der Waals surface area contributed by atoms with Crippen LogP contribution in [0.1, 0.15) is 5.69 Å². The minimum Gasteiger partial charge on any atom is -0.276 e. The van der Waals surface area contributed by atoms with Gasteiger partial charge in [-0.2, -0.15) is 10.2 Å². The number of aromatic amines is 1. The number of anilines is 1. The second kappa shape index (κ2) is 5.98. The van der Waals surface area contributed by atoms with E-state index in [-0.39, 0.29) is 0 Å². The summed E-state index contributed by atoms with van der Waals surface area (Å²) in [5.41, 5.74) is 5.75. The number of H-pyrrole nitrogens is 1. The van der Waals surface area contributed by atoms with Crippen LogP contribution in [0.3, 0.4) is 0 Å². The molecule has 0 aliphatic heterocycles. The maximum absolute atomic E-state index is 4.48. The Balaban J connectivity index is 1.69.